The van der Waals surface area contributed by atoms with E-state index in [9.17, 15) is 9.90 Å². The summed E-state index contributed by atoms with van der Waals surface area (Å²) in [5.41, 5.74) is -0.795. The average molecular weight is 284 g/mol. The monoisotopic (exact) mass is 284 g/mol. The Balaban J connectivity index is 2.37. The Morgan fingerprint density at radius 1 is 1.20 bits per heavy atom. The molecule has 1 aliphatic rings. The summed E-state index contributed by atoms with van der Waals surface area (Å²) >= 11 is 0. The SMILES string of the molecule is CC(C)NC(C)(CCCN1CCCCCCC1)C(=O)O. The molecule has 0 aromatic heterocycles. The molecule has 0 bridgehead atoms. The number of likely N-dealkylation sites (tertiary alicyclic amines) is 1. The summed E-state index contributed by atoms with van der Waals surface area (Å²) in [6, 6.07) is 0.192. The van der Waals surface area contributed by atoms with E-state index >= 15 is 0 Å². The lowest BCUT2D eigenvalue weighted by atomic mass is 9.94. The van der Waals surface area contributed by atoms with Gasteiger partial charge in [-0.05, 0) is 66.1 Å². The van der Waals surface area contributed by atoms with Gasteiger partial charge in [0.2, 0.25) is 0 Å². The highest BCUT2D eigenvalue weighted by Crippen LogP contribution is 2.16. The van der Waals surface area contributed by atoms with Crippen molar-refractivity contribution in [1.82, 2.24) is 10.2 Å². The van der Waals surface area contributed by atoms with Crippen molar-refractivity contribution in [2.24, 2.45) is 0 Å². The van der Waals surface area contributed by atoms with Crippen LogP contribution < -0.4 is 5.32 Å². The van der Waals surface area contributed by atoms with E-state index in [1.54, 1.807) is 0 Å². The minimum atomic E-state index is -0.795. The number of nitrogens with one attached hydrogen (secondary N) is 1. The van der Waals surface area contributed by atoms with Crippen LogP contribution in [0.25, 0.3) is 0 Å². The molecule has 1 atom stereocenters. The van der Waals surface area contributed by atoms with Gasteiger partial charge >= 0.3 is 5.97 Å². The van der Waals surface area contributed by atoms with E-state index < -0.39 is 11.5 Å². The lowest BCUT2D eigenvalue weighted by Crippen LogP contribution is -2.52. The third kappa shape index (κ3) is 6.23. The summed E-state index contributed by atoms with van der Waals surface area (Å²) < 4.78 is 0. The first-order valence-corrected chi connectivity index (χ1v) is 8.17. The minimum absolute atomic E-state index is 0.192. The number of carbonyl (C=O) groups is 1. The zero-order valence-electron chi connectivity index (χ0n) is 13.5. The maximum atomic E-state index is 11.5. The first-order chi connectivity index (χ1) is 9.44. The lowest BCUT2D eigenvalue weighted by Gasteiger charge is -2.30. The quantitative estimate of drug-likeness (QED) is 0.755. The van der Waals surface area contributed by atoms with Gasteiger partial charge in [0.05, 0.1) is 0 Å². The lowest BCUT2D eigenvalue weighted by molar-refractivity contribution is -0.144. The molecule has 0 aromatic carbocycles. The predicted molar refractivity (Wildman–Crippen MR) is 83.1 cm³/mol. The van der Waals surface area contributed by atoms with Gasteiger partial charge in [0, 0.05) is 6.04 Å². The number of rotatable bonds is 7. The van der Waals surface area contributed by atoms with Crippen molar-refractivity contribution in [3.05, 3.63) is 0 Å². The van der Waals surface area contributed by atoms with E-state index in [-0.39, 0.29) is 6.04 Å². The number of nitrogens with zero attached hydrogens (tertiary/aromatic N) is 1. The van der Waals surface area contributed by atoms with Crippen molar-refractivity contribution in [3.63, 3.8) is 0 Å². The summed E-state index contributed by atoms with van der Waals surface area (Å²) in [4.78, 5) is 14.0. The second-order valence-electron chi connectivity index (χ2n) is 6.65. The molecule has 0 spiro atoms. The highest BCUT2D eigenvalue weighted by molar-refractivity contribution is 5.78. The van der Waals surface area contributed by atoms with E-state index in [2.05, 4.69) is 10.2 Å². The molecule has 0 amide bonds. The van der Waals surface area contributed by atoms with E-state index in [0.29, 0.717) is 6.42 Å². The van der Waals surface area contributed by atoms with Gasteiger partial charge < -0.3 is 10.0 Å². The van der Waals surface area contributed by atoms with Crippen molar-refractivity contribution in [2.75, 3.05) is 19.6 Å². The minimum Gasteiger partial charge on any atom is -0.480 e. The van der Waals surface area contributed by atoms with Gasteiger partial charge in [0.15, 0.2) is 0 Å². The molecule has 4 nitrogen and oxygen atoms in total. The Hall–Kier alpha value is -0.610. The maximum absolute atomic E-state index is 11.5. The zero-order chi connectivity index (χ0) is 15.0. The molecular weight excluding hydrogens is 252 g/mol. The third-order valence-corrected chi connectivity index (χ3v) is 4.18. The molecule has 0 aromatic rings. The van der Waals surface area contributed by atoms with E-state index in [4.69, 9.17) is 0 Å². The van der Waals surface area contributed by atoms with Crippen molar-refractivity contribution in [3.8, 4) is 0 Å². The summed E-state index contributed by atoms with van der Waals surface area (Å²) in [6.45, 7) is 9.20. The van der Waals surface area contributed by atoms with Crippen LogP contribution >= 0.6 is 0 Å². The largest absolute Gasteiger partial charge is 0.480 e. The zero-order valence-corrected chi connectivity index (χ0v) is 13.5. The van der Waals surface area contributed by atoms with Crippen LogP contribution in [0.15, 0.2) is 0 Å². The van der Waals surface area contributed by atoms with Crippen LogP contribution in [0.5, 0.6) is 0 Å². The normalized spacial score (nSPS) is 21.2. The third-order valence-electron chi connectivity index (χ3n) is 4.18. The number of hydrogen-bond acceptors (Lipinski definition) is 3. The fourth-order valence-electron chi connectivity index (χ4n) is 3.07. The predicted octanol–water partition coefficient (Wildman–Crippen LogP) is 2.87. The summed E-state index contributed by atoms with van der Waals surface area (Å²) in [7, 11) is 0. The van der Waals surface area contributed by atoms with Gasteiger partial charge in [-0.15, -0.1) is 0 Å². The Bertz CT molecular complexity index is 286. The Morgan fingerprint density at radius 3 is 2.25 bits per heavy atom. The van der Waals surface area contributed by atoms with Crippen LogP contribution in [0.1, 0.15) is 65.7 Å². The fourth-order valence-corrected chi connectivity index (χ4v) is 3.07. The highest BCUT2D eigenvalue weighted by Gasteiger charge is 2.32. The second kappa shape index (κ2) is 8.63. The van der Waals surface area contributed by atoms with Gasteiger partial charge in [-0.1, -0.05) is 19.3 Å². The maximum Gasteiger partial charge on any atom is 0.323 e. The van der Waals surface area contributed by atoms with Gasteiger partial charge in [0.1, 0.15) is 5.54 Å². The topological polar surface area (TPSA) is 52.6 Å². The first-order valence-electron chi connectivity index (χ1n) is 8.17. The highest BCUT2D eigenvalue weighted by atomic mass is 16.4. The molecular formula is C16H32N2O2. The molecule has 1 rings (SSSR count). The Kier molecular flexibility index (Phi) is 7.52. The summed E-state index contributed by atoms with van der Waals surface area (Å²) in [5.74, 6) is -0.737. The van der Waals surface area contributed by atoms with Crippen molar-refractivity contribution >= 4 is 5.97 Å². The second-order valence-corrected chi connectivity index (χ2v) is 6.65. The molecule has 118 valence electrons. The average Bonchev–Trinajstić information content (AvgIpc) is 2.30. The Morgan fingerprint density at radius 2 is 1.75 bits per heavy atom. The molecule has 1 fully saturated rings. The molecule has 0 aliphatic carbocycles. The van der Waals surface area contributed by atoms with Gasteiger partial charge in [0.25, 0.3) is 0 Å². The van der Waals surface area contributed by atoms with E-state index in [1.165, 1.54) is 45.2 Å². The number of carboxylic acids is 1. The molecule has 4 heteroatoms. The summed E-state index contributed by atoms with van der Waals surface area (Å²) in [5, 5.41) is 12.6. The standard InChI is InChI=1S/C16H32N2O2/c1-14(2)17-16(3,15(19)20)10-9-13-18-11-7-5-4-6-8-12-18/h14,17H,4-13H2,1-3H3,(H,19,20). The first kappa shape index (κ1) is 17.4. The molecule has 1 aliphatic heterocycles. The molecule has 1 unspecified atom stereocenters. The molecule has 20 heavy (non-hydrogen) atoms. The van der Waals surface area contributed by atoms with Crippen molar-refractivity contribution < 1.29 is 9.90 Å². The van der Waals surface area contributed by atoms with Crippen molar-refractivity contribution in [1.29, 1.82) is 0 Å². The Labute approximate surface area is 123 Å². The van der Waals surface area contributed by atoms with Crippen LogP contribution in [0.3, 0.4) is 0 Å². The molecule has 1 saturated heterocycles. The number of carboxylic acid groups (broad SMARTS) is 1. The van der Waals surface area contributed by atoms with Gasteiger partial charge in [-0.3, -0.25) is 10.1 Å². The molecule has 0 radical (unpaired) electrons. The molecule has 0 saturated carbocycles. The van der Waals surface area contributed by atoms with E-state index in [0.717, 1.165) is 13.0 Å². The van der Waals surface area contributed by atoms with Gasteiger partial charge in [-0.2, -0.15) is 0 Å². The molecule has 2 N–H and O–H groups in total. The van der Waals surface area contributed by atoms with Crippen LogP contribution in [0, 0.1) is 0 Å². The van der Waals surface area contributed by atoms with Crippen LogP contribution in [0.4, 0.5) is 0 Å². The number of hydrogen-bond donors (Lipinski definition) is 2. The fraction of sp³-hybridized carbons (Fsp3) is 0.938. The van der Waals surface area contributed by atoms with E-state index in [1.807, 2.05) is 20.8 Å². The van der Waals surface area contributed by atoms with Crippen LogP contribution in [-0.2, 0) is 4.79 Å². The number of aliphatic carboxylic acids is 1. The van der Waals surface area contributed by atoms with Crippen LogP contribution in [0.2, 0.25) is 0 Å². The van der Waals surface area contributed by atoms with Crippen LogP contribution in [-0.4, -0.2) is 47.2 Å². The molecule has 1 heterocycles. The van der Waals surface area contributed by atoms with Gasteiger partial charge in [-0.25, -0.2) is 0 Å². The smallest absolute Gasteiger partial charge is 0.323 e. The summed E-state index contributed by atoms with van der Waals surface area (Å²) in [6.07, 6.45) is 8.29. The van der Waals surface area contributed by atoms with Crippen molar-refractivity contribution in [2.45, 2.75) is 77.3 Å².